The van der Waals surface area contributed by atoms with Gasteiger partial charge in [0.2, 0.25) is 0 Å². The number of halogens is 1. The Kier molecular flexibility index (Phi) is 8.07. The highest BCUT2D eigenvalue weighted by Gasteiger charge is 2.16. The zero-order valence-corrected chi connectivity index (χ0v) is 19.4. The van der Waals surface area contributed by atoms with Gasteiger partial charge in [-0.1, -0.05) is 33.3 Å². The number of hydrogen-bond donors (Lipinski definition) is 3. The minimum absolute atomic E-state index is 0.279. The molecule has 0 amide bonds. The van der Waals surface area contributed by atoms with Crippen molar-refractivity contribution < 1.29 is 0 Å². The van der Waals surface area contributed by atoms with Crippen molar-refractivity contribution >= 4 is 38.9 Å². The van der Waals surface area contributed by atoms with Crippen LogP contribution in [-0.2, 0) is 0 Å². The second-order valence-corrected chi connectivity index (χ2v) is 8.65. The fraction of sp³-hybridized carbons (Fsp3) is 0.524. The smallest absolute Gasteiger partial charge is 0.159 e. The molecule has 28 heavy (non-hydrogen) atoms. The molecule has 0 spiro atoms. The molecule has 0 bridgehead atoms. The molecule has 7 heteroatoms. The molecule has 0 saturated heterocycles. The Labute approximate surface area is 177 Å². The molecule has 0 aliphatic rings. The molecule has 1 aromatic heterocycles. The molecule has 0 saturated carbocycles. The first-order valence-electron chi connectivity index (χ1n) is 9.83. The second-order valence-electron chi connectivity index (χ2n) is 7.79. The highest BCUT2D eigenvalue weighted by atomic mass is 79.9. The number of anilines is 4. The Bertz CT molecular complexity index is 791. The van der Waals surface area contributed by atoms with Gasteiger partial charge in [-0.15, -0.1) is 0 Å². The number of likely N-dealkylation sites (N-methyl/N-ethyl adjacent to an activating group) is 1. The Balaban J connectivity index is 2.29. The van der Waals surface area contributed by atoms with E-state index in [0.29, 0.717) is 29.1 Å². The highest BCUT2D eigenvalue weighted by molar-refractivity contribution is 9.10. The summed E-state index contributed by atoms with van der Waals surface area (Å²) >= 11 is 3.65. The molecule has 2 rings (SSSR count). The highest BCUT2D eigenvalue weighted by Crippen LogP contribution is 2.32. The molecular formula is C21H33BrN6. The van der Waals surface area contributed by atoms with Gasteiger partial charge in [0.05, 0.1) is 5.69 Å². The quantitative estimate of drug-likeness (QED) is 0.492. The number of hydrogen-bond acceptors (Lipinski definition) is 6. The van der Waals surface area contributed by atoms with Gasteiger partial charge in [0.25, 0.3) is 0 Å². The largest absolute Gasteiger partial charge is 0.393 e. The van der Waals surface area contributed by atoms with E-state index in [-0.39, 0.29) is 6.04 Å². The van der Waals surface area contributed by atoms with Crippen LogP contribution in [0.5, 0.6) is 0 Å². The van der Waals surface area contributed by atoms with Crippen molar-refractivity contribution in [3.8, 4) is 0 Å². The topological polar surface area (TPSA) is 79.1 Å². The van der Waals surface area contributed by atoms with Gasteiger partial charge in [0.15, 0.2) is 11.6 Å². The van der Waals surface area contributed by atoms with Crippen molar-refractivity contribution in [1.29, 1.82) is 0 Å². The average molecular weight is 449 g/mol. The Morgan fingerprint density at radius 2 is 1.86 bits per heavy atom. The van der Waals surface area contributed by atoms with Crippen molar-refractivity contribution in [2.45, 2.75) is 52.5 Å². The van der Waals surface area contributed by atoms with Gasteiger partial charge < -0.3 is 21.3 Å². The number of aromatic nitrogens is 2. The van der Waals surface area contributed by atoms with E-state index in [1.165, 1.54) is 5.56 Å². The van der Waals surface area contributed by atoms with Crippen molar-refractivity contribution in [2.24, 2.45) is 0 Å². The number of nitrogens with one attached hydrogen (secondary N) is 2. The van der Waals surface area contributed by atoms with Gasteiger partial charge in [-0.3, -0.25) is 0 Å². The molecule has 0 fully saturated rings. The van der Waals surface area contributed by atoms with E-state index < -0.39 is 0 Å². The maximum atomic E-state index is 6.42. The van der Waals surface area contributed by atoms with E-state index in [2.05, 4.69) is 94.5 Å². The molecule has 1 atom stereocenters. The third kappa shape index (κ3) is 6.07. The molecule has 1 aromatic carbocycles. The van der Waals surface area contributed by atoms with Crippen molar-refractivity contribution in [3.05, 3.63) is 34.1 Å². The predicted octanol–water partition coefficient (Wildman–Crippen LogP) is 5.14. The molecule has 4 N–H and O–H groups in total. The van der Waals surface area contributed by atoms with Crippen LogP contribution in [0.15, 0.2) is 22.7 Å². The maximum Gasteiger partial charge on any atom is 0.159 e. The summed E-state index contributed by atoms with van der Waals surface area (Å²) in [6.07, 6.45) is 2.14. The monoisotopic (exact) mass is 448 g/mol. The number of rotatable bonds is 9. The van der Waals surface area contributed by atoms with Crippen LogP contribution in [0.1, 0.15) is 50.9 Å². The van der Waals surface area contributed by atoms with Crippen LogP contribution in [0.2, 0.25) is 0 Å². The maximum absolute atomic E-state index is 6.42. The van der Waals surface area contributed by atoms with Crippen LogP contribution in [0.25, 0.3) is 0 Å². The minimum atomic E-state index is 0.279. The van der Waals surface area contributed by atoms with E-state index in [0.717, 1.165) is 29.5 Å². The summed E-state index contributed by atoms with van der Waals surface area (Å²) in [5.41, 5.74) is 9.16. The standard InChI is InChI=1S/C21H33BrN6/c1-7-8-16(12-28(5)6)26-20-19(23)21(25-14(4)24-20)27-18-10-9-15(13(2)3)11-17(18)22/h9-11,13,16H,7-8,12,23H2,1-6H3,(H2,24,25,26,27). The number of nitrogens with two attached hydrogens (primary N) is 1. The van der Waals surface area contributed by atoms with Crippen molar-refractivity contribution in [2.75, 3.05) is 37.0 Å². The molecule has 1 unspecified atom stereocenters. The van der Waals surface area contributed by atoms with Crippen molar-refractivity contribution in [1.82, 2.24) is 14.9 Å². The Hall–Kier alpha value is -1.86. The lowest BCUT2D eigenvalue weighted by Gasteiger charge is -2.24. The number of nitrogens with zero attached hydrogens (tertiary/aromatic N) is 3. The molecule has 154 valence electrons. The van der Waals surface area contributed by atoms with E-state index in [9.17, 15) is 0 Å². The Morgan fingerprint density at radius 3 is 2.43 bits per heavy atom. The first kappa shape index (κ1) is 22.4. The third-order valence-electron chi connectivity index (χ3n) is 4.53. The van der Waals surface area contributed by atoms with Crippen LogP contribution in [-0.4, -0.2) is 41.5 Å². The fourth-order valence-electron chi connectivity index (χ4n) is 3.10. The van der Waals surface area contributed by atoms with E-state index in [1.807, 2.05) is 6.92 Å². The lowest BCUT2D eigenvalue weighted by Crippen LogP contribution is -2.33. The van der Waals surface area contributed by atoms with E-state index in [4.69, 9.17) is 5.73 Å². The van der Waals surface area contributed by atoms with Crippen LogP contribution in [0.3, 0.4) is 0 Å². The summed E-state index contributed by atoms with van der Waals surface area (Å²) in [5, 5.41) is 6.88. The van der Waals surface area contributed by atoms with Gasteiger partial charge >= 0.3 is 0 Å². The van der Waals surface area contributed by atoms with Gasteiger partial charge in [-0.25, -0.2) is 9.97 Å². The van der Waals surface area contributed by atoms with E-state index in [1.54, 1.807) is 0 Å². The minimum Gasteiger partial charge on any atom is -0.393 e. The van der Waals surface area contributed by atoms with Gasteiger partial charge in [0, 0.05) is 17.1 Å². The summed E-state index contributed by atoms with van der Waals surface area (Å²) in [5.74, 6) is 2.45. The summed E-state index contributed by atoms with van der Waals surface area (Å²) in [7, 11) is 4.15. The fourth-order valence-corrected chi connectivity index (χ4v) is 3.59. The van der Waals surface area contributed by atoms with Gasteiger partial charge in [0.1, 0.15) is 11.5 Å². The van der Waals surface area contributed by atoms with Gasteiger partial charge in [-0.2, -0.15) is 0 Å². The summed E-state index contributed by atoms with van der Waals surface area (Å²) in [6.45, 7) is 9.34. The summed E-state index contributed by atoms with van der Waals surface area (Å²) in [6, 6.07) is 6.58. The molecule has 1 heterocycles. The number of nitrogen functional groups attached to an aromatic ring is 1. The van der Waals surface area contributed by atoms with E-state index >= 15 is 0 Å². The van der Waals surface area contributed by atoms with Crippen LogP contribution in [0, 0.1) is 6.92 Å². The van der Waals surface area contributed by atoms with Gasteiger partial charge in [-0.05, 0) is 67.0 Å². The zero-order chi connectivity index (χ0) is 20.8. The first-order valence-corrected chi connectivity index (χ1v) is 10.6. The normalized spacial score (nSPS) is 12.5. The van der Waals surface area contributed by atoms with Crippen LogP contribution >= 0.6 is 15.9 Å². The third-order valence-corrected chi connectivity index (χ3v) is 5.19. The molecule has 0 radical (unpaired) electrons. The van der Waals surface area contributed by atoms with Crippen molar-refractivity contribution in [3.63, 3.8) is 0 Å². The van der Waals surface area contributed by atoms with Crippen LogP contribution < -0.4 is 16.4 Å². The number of benzene rings is 1. The molecule has 6 nitrogen and oxygen atoms in total. The summed E-state index contributed by atoms with van der Waals surface area (Å²) in [4.78, 5) is 11.2. The van der Waals surface area contributed by atoms with Crippen LogP contribution in [0.4, 0.5) is 23.0 Å². The molecule has 2 aromatic rings. The zero-order valence-electron chi connectivity index (χ0n) is 17.8. The molecular weight excluding hydrogens is 416 g/mol. The molecule has 0 aliphatic carbocycles. The average Bonchev–Trinajstić information content (AvgIpc) is 2.60. The SMILES string of the molecule is CCCC(CN(C)C)Nc1nc(C)nc(Nc2ccc(C(C)C)cc2Br)c1N. The molecule has 0 aliphatic heterocycles. The summed E-state index contributed by atoms with van der Waals surface area (Å²) < 4.78 is 0.986. The first-order chi connectivity index (χ1) is 13.2. The lowest BCUT2D eigenvalue weighted by molar-refractivity contribution is 0.373. The lowest BCUT2D eigenvalue weighted by atomic mass is 10.0. The second kappa shape index (κ2) is 10.1. The number of aryl methyl sites for hydroxylation is 1. The predicted molar refractivity (Wildman–Crippen MR) is 124 cm³/mol. The Morgan fingerprint density at radius 1 is 1.18 bits per heavy atom.